The predicted molar refractivity (Wildman–Crippen MR) is 129 cm³/mol. The summed E-state index contributed by atoms with van der Waals surface area (Å²) in [6, 6.07) is 13.5. The number of anilines is 1. The number of benzene rings is 1. The van der Waals surface area contributed by atoms with Gasteiger partial charge in [0.1, 0.15) is 12.3 Å². The van der Waals surface area contributed by atoms with E-state index in [1.54, 1.807) is 35.6 Å². The van der Waals surface area contributed by atoms with Gasteiger partial charge in [-0.05, 0) is 74.0 Å². The number of fused-ring (bicyclic) bond motifs is 3. The van der Waals surface area contributed by atoms with Crippen LogP contribution in [0.25, 0.3) is 10.6 Å². The Bertz CT molecular complexity index is 1140. The highest BCUT2D eigenvalue weighted by atomic mass is 32.1. The van der Waals surface area contributed by atoms with Crippen LogP contribution in [0.5, 0.6) is 0 Å². The molecule has 3 saturated heterocycles. The van der Waals surface area contributed by atoms with Gasteiger partial charge < -0.3 is 4.74 Å². The van der Waals surface area contributed by atoms with Crippen molar-refractivity contribution in [3.8, 4) is 10.6 Å². The van der Waals surface area contributed by atoms with Crippen molar-refractivity contribution in [2.24, 2.45) is 13.0 Å². The van der Waals surface area contributed by atoms with Gasteiger partial charge in [-0.3, -0.25) is 19.7 Å². The highest BCUT2D eigenvalue weighted by molar-refractivity contribution is 7.13. The number of aromatic nitrogens is 2. The lowest BCUT2D eigenvalue weighted by Crippen LogP contribution is -2.54. The first-order valence-corrected chi connectivity index (χ1v) is 12.2. The first-order valence-electron chi connectivity index (χ1n) is 11.3. The van der Waals surface area contributed by atoms with Gasteiger partial charge >= 0.3 is 6.09 Å². The lowest BCUT2D eigenvalue weighted by molar-refractivity contribution is -0.00222. The number of thiophene rings is 1. The summed E-state index contributed by atoms with van der Waals surface area (Å²) in [5, 5.41) is 9.59. The molecule has 2 aromatic heterocycles. The van der Waals surface area contributed by atoms with Crippen molar-refractivity contribution in [3.05, 3.63) is 59.1 Å². The molecule has 33 heavy (non-hydrogen) atoms. The zero-order chi connectivity index (χ0) is 22.9. The van der Waals surface area contributed by atoms with E-state index in [2.05, 4.69) is 33.8 Å². The van der Waals surface area contributed by atoms with Crippen molar-refractivity contribution in [1.29, 1.82) is 0 Å². The summed E-state index contributed by atoms with van der Waals surface area (Å²) in [6.45, 7) is 3.91. The number of hydrogen-bond acceptors (Lipinski definition) is 6. The molecule has 3 aliphatic rings. The quantitative estimate of drug-likeness (QED) is 0.532. The van der Waals surface area contributed by atoms with Crippen LogP contribution in [0.3, 0.4) is 0 Å². The summed E-state index contributed by atoms with van der Waals surface area (Å²) in [5.74, 6) is 1.02. The monoisotopic (exact) mass is 464 g/mol. The molecule has 1 amide bonds. The lowest BCUT2D eigenvalue weighted by atomic mass is 9.74. The molecule has 6 rings (SSSR count). The molecular weight excluding hydrogens is 436 g/mol. The standard InChI is InChI=1S/C25H28N4O3S/c1-16(30)17-5-7-19(8-6-17)26-25(31)32-15-20-12-18-9-10-29(20)14-21(18)23-13-22(27-28(23)2)24-4-3-11-33-24/h3-8,11,13,18,20-21H,9-10,12,14-15H2,1-2H3,(H,26,31). The summed E-state index contributed by atoms with van der Waals surface area (Å²) in [5.41, 5.74) is 3.57. The van der Waals surface area contributed by atoms with E-state index in [-0.39, 0.29) is 11.8 Å². The SMILES string of the molecule is CC(=O)c1ccc(NC(=O)OCC2CC3CCN2CC3c2cc(-c3cccs3)nn2C)cc1. The van der Waals surface area contributed by atoms with Gasteiger partial charge in [0, 0.05) is 42.5 Å². The molecule has 4 unspecified atom stereocenters. The average Bonchev–Trinajstić information content (AvgIpc) is 3.48. The number of aryl methyl sites for hydroxylation is 1. The van der Waals surface area contributed by atoms with E-state index in [1.165, 1.54) is 17.5 Å². The van der Waals surface area contributed by atoms with Crippen LogP contribution >= 0.6 is 11.3 Å². The summed E-state index contributed by atoms with van der Waals surface area (Å²) in [4.78, 5) is 27.3. The number of ether oxygens (including phenoxy) is 1. The Labute approximate surface area is 197 Å². The molecule has 1 N–H and O–H groups in total. The first-order chi connectivity index (χ1) is 16.0. The van der Waals surface area contributed by atoms with Crippen molar-refractivity contribution < 1.29 is 14.3 Å². The highest BCUT2D eigenvalue weighted by Gasteiger charge is 2.42. The third-order valence-corrected chi connectivity index (χ3v) is 7.79. The van der Waals surface area contributed by atoms with E-state index in [0.717, 1.165) is 31.6 Å². The molecule has 3 aliphatic heterocycles. The number of carbonyl (C=O) groups excluding carboxylic acids is 2. The summed E-state index contributed by atoms with van der Waals surface area (Å²) in [6.07, 6.45) is 1.72. The predicted octanol–water partition coefficient (Wildman–Crippen LogP) is 4.78. The molecule has 2 bridgehead atoms. The average molecular weight is 465 g/mol. The van der Waals surface area contributed by atoms with Crippen LogP contribution in [0.15, 0.2) is 47.8 Å². The molecular formula is C25H28N4O3S. The number of nitrogens with zero attached hydrogens (tertiary/aromatic N) is 3. The fourth-order valence-corrected chi connectivity index (χ4v) is 5.82. The van der Waals surface area contributed by atoms with E-state index < -0.39 is 6.09 Å². The Balaban J connectivity index is 1.17. The van der Waals surface area contributed by atoms with Crippen molar-refractivity contribution in [3.63, 3.8) is 0 Å². The van der Waals surface area contributed by atoms with Crippen molar-refractivity contribution in [2.75, 3.05) is 25.0 Å². The first kappa shape index (κ1) is 21.9. The molecule has 7 nitrogen and oxygen atoms in total. The van der Waals surface area contributed by atoms with E-state index >= 15 is 0 Å². The second kappa shape index (κ2) is 9.11. The topological polar surface area (TPSA) is 76.5 Å². The fourth-order valence-electron chi connectivity index (χ4n) is 5.13. The number of ketones is 1. The van der Waals surface area contributed by atoms with E-state index in [9.17, 15) is 9.59 Å². The number of hydrogen-bond donors (Lipinski definition) is 1. The molecule has 3 aromatic rings. The smallest absolute Gasteiger partial charge is 0.411 e. The van der Waals surface area contributed by atoms with Crippen LogP contribution in [-0.2, 0) is 11.8 Å². The maximum atomic E-state index is 12.3. The number of Topliss-reactive ketones (excluding diaryl/α,β-unsaturated/α-hetero) is 1. The summed E-state index contributed by atoms with van der Waals surface area (Å²) in [7, 11) is 2.04. The van der Waals surface area contributed by atoms with E-state index in [1.807, 2.05) is 11.7 Å². The minimum Gasteiger partial charge on any atom is -0.448 e. The lowest BCUT2D eigenvalue weighted by Gasteiger charge is -2.49. The van der Waals surface area contributed by atoms with Gasteiger partial charge in [-0.15, -0.1) is 11.3 Å². The molecule has 3 fully saturated rings. The van der Waals surface area contributed by atoms with Crippen molar-refractivity contribution >= 4 is 28.9 Å². The Kier molecular flexibility index (Phi) is 6.03. The minimum absolute atomic E-state index is 0.00213. The van der Waals surface area contributed by atoms with E-state index in [4.69, 9.17) is 9.84 Å². The van der Waals surface area contributed by atoms with Gasteiger partial charge in [-0.1, -0.05) is 6.07 Å². The van der Waals surface area contributed by atoms with Gasteiger partial charge in [0.05, 0.1) is 4.88 Å². The molecule has 0 aliphatic carbocycles. The molecule has 8 heteroatoms. The second-order valence-corrected chi connectivity index (χ2v) is 9.90. The fraction of sp³-hybridized carbons (Fsp3) is 0.400. The summed E-state index contributed by atoms with van der Waals surface area (Å²) >= 11 is 1.72. The zero-order valence-corrected chi connectivity index (χ0v) is 19.7. The summed E-state index contributed by atoms with van der Waals surface area (Å²) < 4.78 is 7.60. The molecule has 0 saturated carbocycles. The molecule has 5 heterocycles. The van der Waals surface area contributed by atoms with Gasteiger partial charge in [0.15, 0.2) is 5.78 Å². The van der Waals surface area contributed by atoms with Crippen LogP contribution in [0.1, 0.15) is 41.7 Å². The van der Waals surface area contributed by atoms with Crippen LogP contribution in [0.4, 0.5) is 10.5 Å². The number of piperidine rings is 3. The van der Waals surface area contributed by atoms with Gasteiger partial charge in [0.25, 0.3) is 0 Å². The van der Waals surface area contributed by atoms with Crippen LogP contribution < -0.4 is 5.32 Å². The Morgan fingerprint density at radius 1 is 1.24 bits per heavy atom. The molecule has 0 radical (unpaired) electrons. The maximum Gasteiger partial charge on any atom is 0.411 e. The highest BCUT2D eigenvalue weighted by Crippen LogP contribution is 2.42. The number of nitrogens with one attached hydrogen (secondary N) is 1. The Hall–Kier alpha value is -2.97. The third-order valence-electron chi connectivity index (χ3n) is 6.89. The second-order valence-electron chi connectivity index (χ2n) is 8.95. The van der Waals surface area contributed by atoms with Gasteiger partial charge in [0.2, 0.25) is 0 Å². The van der Waals surface area contributed by atoms with Crippen LogP contribution in [-0.4, -0.2) is 52.3 Å². The molecule has 4 atom stereocenters. The minimum atomic E-state index is -0.461. The zero-order valence-electron chi connectivity index (χ0n) is 18.9. The van der Waals surface area contributed by atoms with Crippen LogP contribution in [0.2, 0.25) is 0 Å². The van der Waals surface area contributed by atoms with Crippen molar-refractivity contribution in [1.82, 2.24) is 14.7 Å². The molecule has 1 aromatic carbocycles. The number of amides is 1. The van der Waals surface area contributed by atoms with Gasteiger partial charge in [-0.2, -0.15) is 5.10 Å². The van der Waals surface area contributed by atoms with Crippen molar-refractivity contribution in [2.45, 2.75) is 31.7 Å². The number of carbonyl (C=O) groups is 2. The van der Waals surface area contributed by atoms with Crippen LogP contribution in [0, 0.1) is 5.92 Å². The van der Waals surface area contributed by atoms with Gasteiger partial charge in [-0.25, -0.2) is 4.79 Å². The Morgan fingerprint density at radius 3 is 2.73 bits per heavy atom. The van der Waals surface area contributed by atoms with E-state index in [0.29, 0.717) is 29.7 Å². The number of rotatable bonds is 6. The largest absolute Gasteiger partial charge is 0.448 e. The third kappa shape index (κ3) is 4.58. The normalized spacial score (nSPS) is 23.9. The molecule has 0 spiro atoms. The molecule has 172 valence electrons. The Morgan fingerprint density at radius 2 is 2.06 bits per heavy atom. The maximum absolute atomic E-state index is 12.3.